The second kappa shape index (κ2) is 15.9. The van der Waals surface area contributed by atoms with E-state index in [-0.39, 0.29) is 34.8 Å². The molecule has 2 fully saturated rings. The standard InChI is InChI=1S/C44H46N10O8/c1-43(2)20-27-16-31(35(18-37(27)61-43)52-8-12-57-13-9-52)49-40(56)34-24-60-42(51-34)54-22-29(47-26-54)4-6-44(3)21-28-17-32(36(19-38(28)62-44)53-10-14-58-15-11-53)48-39(55)33-23-59-41(50-33)30-5-7-45-25-46-30/h5,7,16-19,22-26H,4,6,8-15,20-21H2,1-3H3,(H,48,55)(H,49,56). The first kappa shape index (κ1) is 39.4. The number of imidazole rings is 1. The third-order valence-electron chi connectivity index (χ3n) is 11.5. The Balaban J connectivity index is 0.806. The van der Waals surface area contributed by atoms with Crippen molar-refractivity contribution in [1.82, 2.24) is 29.5 Å². The van der Waals surface area contributed by atoms with Crippen LogP contribution in [0.5, 0.6) is 11.5 Å². The molecule has 2 amide bonds. The number of anilines is 4. The fourth-order valence-electron chi connectivity index (χ4n) is 8.42. The van der Waals surface area contributed by atoms with E-state index in [0.717, 1.165) is 46.1 Å². The molecule has 4 aromatic heterocycles. The molecule has 2 aromatic carbocycles. The van der Waals surface area contributed by atoms with Gasteiger partial charge in [0.05, 0.1) is 54.9 Å². The zero-order valence-electron chi connectivity index (χ0n) is 34.7. The van der Waals surface area contributed by atoms with E-state index in [1.54, 1.807) is 23.2 Å². The lowest BCUT2D eigenvalue weighted by atomic mass is 9.93. The highest BCUT2D eigenvalue weighted by atomic mass is 16.5. The first-order chi connectivity index (χ1) is 30.0. The lowest BCUT2D eigenvalue weighted by Crippen LogP contribution is -2.36. The maximum absolute atomic E-state index is 13.6. The molecule has 2 saturated heterocycles. The molecule has 2 N–H and O–H groups in total. The average Bonchev–Trinajstić information content (AvgIpc) is 4.13. The average molecular weight is 843 g/mol. The van der Waals surface area contributed by atoms with Crippen molar-refractivity contribution in [3.8, 4) is 29.1 Å². The summed E-state index contributed by atoms with van der Waals surface area (Å²) >= 11 is 0. The molecule has 320 valence electrons. The molecule has 0 radical (unpaired) electrons. The van der Waals surface area contributed by atoms with Crippen molar-refractivity contribution in [3.05, 3.63) is 96.1 Å². The fraction of sp³-hybridized carbons (Fsp3) is 0.386. The first-order valence-corrected chi connectivity index (χ1v) is 20.8. The third kappa shape index (κ3) is 8.05. The molecule has 8 heterocycles. The lowest BCUT2D eigenvalue weighted by molar-refractivity contribution is 0.101. The van der Waals surface area contributed by atoms with Gasteiger partial charge >= 0.3 is 6.01 Å². The highest BCUT2D eigenvalue weighted by Gasteiger charge is 2.37. The van der Waals surface area contributed by atoms with E-state index in [9.17, 15) is 9.59 Å². The Morgan fingerprint density at radius 3 is 2.05 bits per heavy atom. The van der Waals surface area contributed by atoms with Gasteiger partial charge in [-0.1, -0.05) is 0 Å². The van der Waals surface area contributed by atoms with Crippen LogP contribution in [0.3, 0.4) is 0 Å². The van der Waals surface area contributed by atoms with Crippen molar-refractivity contribution in [3.63, 3.8) is 0 Å². The number of hydrogen-bond acceptors (Lipinski definition) is 15. The van der Waals surface area contributed by atoms with Crippen LogP contribution in [0.25, 0.3) is 17.6 Å². The Labute approximate surface area is 356 Å². The number of nitrogens with one attached hydrogen (secondary N) is 2. The van der Waals surface area contributed by atoms with Crippen molar-refractivity contribution in [2.45, 2.75) is 57.7 Å². The van der Waals surface area contributed by atoms with Gasteiger partial charge in [0.15, 0.2) is 11.4 Å². The quantitative estimate of drug-likeness (QED) is 0.165. The summed E-state index contributed by atoms with van der Waals surface area (Å²) in [5.41, 5.74) is 5.77. The topological polar surface area (TPSA) is 197 Å². The number of morpholine rings is 2. The van der Waals surface area contributed by atoms with Gasteiger partial charge in [0.2, 0.25) is 5.89 Å². The van der Waals surface area contributed by atoms with E-state index in [4.69, 9.17) is 27.8 Å². The van der Waals surface area contributed by atoms with Crippen molar-refractivity contribution in [1.29, 1.82) is 0 Å². The number of carbonyl (C=O) groups is 2. The summed E-state index contributed by atoms with van der Waals surface area (Å²) < 4.78 is 37.1. The van der Waals surface area contributed by atoms with Crippen LogP contribution in [0.4, 0.5) is 22.7 Å². The van der Waals surface area contributed by atoms with Crippen molar-refractivity contribution in [2.24, 2.45) is 0 Å². The second-order valence-corrected chi connectivity index (χ2v) is 16.7. The van der Waals surface area contributed by atoms with Gasteiger partial charge in [0, 0.05) is 74.7 Å². The summed E-state index contributed by atoms with van der Waals surface area (Å²) in [6, 6.07) is 9.90. The molecule has 18 heteroatoms. The van der Waals surface area contributed by atoms with E-state index in [1.165, 1.54) is 18.9 Å². The molecule has 0 saturated carbocycles. The molecule has 1 atom stereocenters. The Morgan fingerprint density at radius 2 is 1.39 bits per heavy atom. The number of rotatable bonds is 11. The van der Waals surface area contributed by atoms with Crippen molar-refractivity contribution < 1.29 is 37.4 Å². The number of carbonyl (C=O) groups excluding carboxylic acids is 2. The second-order valence-electron chi connectivity index (χ2n) is 16.7. The molecule has 0 bridgehead atoms. The summed E-state index contributed by atoms with van der Waals surface area (Å²) in [4.78, 5) is 53.1. The van der Waals surface area contributed by atoms with Crippen LogP contribution in [-0.4, -0.2) is 105 Å². The number of amides is 2. The molecular formula is C44H46N10O8. The maximum atomic E-state index is 13.6. The van der Waals surface area contributed by atoms with Gasteiger partial charge in [0.1, 0.15) is 53.6 Å². The molecular weight excluding hydrogens is 797 g/mol. The van der Waals surface area contributed by atoms with Gasteiger partial charge in [-0.15, -0.1) is 0 Å². The number of aromatic nitrogens is 6. The van der Waals surface area contributed by atoms with Gasteiger partial charge in [-0.25, -0.2) is 19.9 Å². The normalized spacial score (nSPS) is 19.1. The minimum absolute atomic E-state index is 0.129. The molecule has 18 nitrogen and oxygen atoms in total. The molecule has 0 aliphatic carbocycles. The van der Waals surface area contributed by atoms with Crippen LogP contribution in [0.2, 0.25) is 0 Å². The molecule has 4 aliphatic heterocycles. The van der Waals surface area contributed by atoms with Gasteiger partial charge in [0.25, 0.3) is 11.8 Å². The predicted octanol–water partition coefficient (Wildman–Crippen LogP) is 5.52. The van der Waals surface area contributed by atoms with Gasteiger partial charge < -0.3 is 48.2 Å². The number of nitrogens with zero attached hydrogens (tertiary/aromatic N) is 8. The number of benzene rings is 2. The van der Waals surface area contributed by atoms with Crippen LogP contribution in [0.15, 0.2) is 76.7 Å². The van der Waals surface area contributed by atoms with Crippen molar-refractivity contribution >= 4 is 34.6 Å². The first-order valence-electron chi connectivity index (χ1n) is 20.8. The highest BCUT2D eigenvalue weighted by Crippen LogP contribution is 2.44. The molecule has 62 heavy (non-hydrogen) atoms. The molecule has 6 aromatic rings. The van der Waals surface area contributed by atoms with Gasteiger partial charge in [-0.3, -0.25) is 14.2 Å². The van der Waals surface area contributed by atoms with E-state index >= 15 is 0 Å². The summed E-state index contributed by atoms with van der Waals surface area (Å²) in [7, 11) is 0. The molecule has 10 rings (SSSR count). The SMILES string of the molecule is CC1(C)Cc2cc(NC(=O)c3coc(-n4cnc(CCC5(C)Cc6cc(NC(=O)c7coc(-c8ccncn8)n7)c(N7CCOCC7)cc6O5)c4)n3)c(N3CCOCC3)cc2O1. The lowest BCUT2D eigenvalue weighted by Gasteiger charge is -2.31. The maximum Gasteiger partial charge on any atom is 0.307 e. The number of hydrogen-bond donors (Lipinski definition) is 2. The van der Waals surface area contributed by atoms with Crippen LogP contribution < -0.4 is 29.9 Å². The smallest absolute Gasteiger partial charge is 0.307 e. The minimum Gasteiger partial charge on any atom is -0.487 e. The third-order valence-corrected chi connectivity index (χ3v) is 11.5. The Hall–Kier alpha value is -6.79. The Morgan fingerprint density at radius 1 is 0.758 bits per heavy atom. The van der Waals surface area contributed by atoms with E-state index in [2.05, 4.69) is 66.1 Å². The number of fused-ring (bicyclic) bond motifs is 2. The molecule has 0 spiro atoms. The van der Waals surface area contributed by atoms with Gasteiger partial charge in [-0.2, -0.15) is 4.98 Å². The van der Waals surface area contributed by atoms with Crippen LogP contribution in [0.1, 0.15) is 65.0 Å². The minimum atomic E-state index is -0.538. The molecule has 1 unspecified atom stereocenters. The largest absolute Gasteiger partial charge is 0.487 e. The fourth-order valence-corrected chi connectivity index (χ4v) is 8.42. The Kier molecular flexibility index (Phi) is 10.1. The van der Waals surface area contributed by atoms with Crippen LogP contribution >= 0.6 is 0 Å². The zero-order valence-corrected chi connectivity index (χ0v) is 34.7. The van der Waals surface area contributed by atoms with Gasteiger partial charge in [-0.05, 0) is 51.8 Å². The summed E-state index contributed by atoms with van der Waals surface area (Å²) in [5.74, 6) is 1.04. The Bertz CT molecular complexity index is 2630. The van der Waals surface area contributed by atoms with Crippen LogP contribution in [0, 0.1) is 0 Å². The van der Waals surface area contributed by atoms with Crippen LogP contribution in [-0.2, 0) is 28.7 Å². The zero-order chi connectivity index (χ0) is 42.4. The molecule has 4 aliphatic rings. The predicted molar refractivity (Wildman–Crippen MR) is 225 cm³/mol. The monoisotopic (exact) mass is 842 g/mol. The number of oxazole rings is 2. The summed E-state index contributed by atoms with van der Waals surface area (Å²) in [6.45, 7) is 11.3. The van der Waals surface area contributed by atoms with E-state index in [0.29, 0.717) is 88.9 Å². The summed E-state index contributed by atoms with van der Waals surface area (Å²) in [5, 5.41) is 6.16. The summed E-state index contributed by atoms with van der Waals surface area (Å²) in [6.07, 6.45) is 11.8. The van der Waals surface area contributed by atoms with Crippen molar-refractivity contribution in [2.75, 3.05) is 73.0 Å². The number of ether oxygens (including phenoxy) is 4. The van der Waals surface area contributed by atoms with E-state index < -0.39 is 11.5 Å². The van der Waals surface area contributed by atoms with E-state index in [1.807, 2.05) is 30.5 Å². The number of aryl methyl sites for hydroxylation is 1. The highest BCUT2D eigenvalue weighted by molar-refractivity contribution is 6.05.